The summed E-state index contributed by atoms with van der Waals surface area (Å²) in [7, 11) is 0. The fourth-order valence-electron chi connectivity index (χ4n) is 2.31. The summed E-state index contributed by atoms with van der Waals surface area (Å²) in [4.78, 5) is 25.0. The summed E-state index contributed by atoms with van der Waals surface area (Å²) in [6.45, 7) is 8.35. The van der Waals surface area contributed by atoms with Gasteiger partial charge in [0.25, 0.3) is 5.91 Å². The smallest absolute Gasteiger partial charge is 0.261 e. The molecule has 22 heavy (non-hydrogen) atoms. The Morgan fingerprint density at radius 2 is 1.55 bits per heavy atom. The van der Waals surface area contributed by atoms with Crippen molar-refractivity contribution in [2.75, 3.05) is 29.4 Å². The van der Waals surface area contributed by atoms with Crippen molar-refractivity contribution in [3.63, 3.8) is 0 Å². The molecule has 1 aromatic heterocycles. The lowest BCUT2D eigenvalue weighted by atomic mass is 10.2. The molecule has 0 saturated heterocycles. The maximum Gasteiger partial charge on any atom is 0.261 e. The minimum atomic E-state index is -0.0835. The molecule has 0 aliphatic heterocycles. The van der Waals surface area contributed by atoms with E-state index >= 15 is 0 Å². The van der Waals surface area contributed by atoms with Crippen LogP contribution in [0.15, 0.2) is 42.7 Å². The highest BCUT2D eigenvalue weighted by atomic mass is 16.2. The topological polar surface area (TPSA) is 49.3 Å². The van der Waals surface area contributed by atoms with E-state index in [-0.39, 0.29) is 5.91 Å². The third kappa shape index (κ3) is 3.42. The molecule has 0 saturated carbocycles. The quantitative estimate of drug-likeness (QED) is 0.822. The number of aromatic nitrogens is 2. The minimum absolute atomic E-state index is 0.0835. The van der Waals surface area contributed by atoms with E-state index in [9.17, 15) is 4.79 Å². The van der Waals surface area contributed by atoms with E-state index < -0.39 is 0 Å². The second-order valence-corrected chi connectivity index (χ2v) is 4.83. The van der Waals surface area contributed by atoms with Crippen molar-refractivity contribution in [2.24, 2.45) is 0 Å². The van der Waals surface area contributed by atoms with E-state index in [1.54, 1.807) is 17.3 Å². The molecule has 0 bridgehead atoms. The van der Waals surface area contributed by atoms with Crippen LogP contribution in [-0.2, 0) is 0 Å². The van der Waals surface area contributed by atoms with E-state index in [1.165, 1.54) is 0 Å². The molecule has 2 rings (SSSR count). The van der Waals surface area contributed by atoms with Crippen molar-refractivity contribution in [2.45, 2.75) is 20.8 Å². The zero-order valence-corrected chi connectivity index (χ0v) is 13.4. The largest absolute Gasteiger partial charge is 0.341 e. The predicted molar refractivity (Wildman–Crippen MR) is 89.4 cm³/mol. The van der Waals surface area contributed by atoms with Gasteiger partial charge >= 0.3 is 0 Å². The summed E-state index contributed by atoms with van der Waals surface area (Å²) < 4.78 is 0. The number of nitrogens with zero attached hydrogens (tertiary/aromatic N) is 4. The zero-order chi connectivity index (χ0) is 15.9. The molecule has 0 aliphatic carbocycles. The van der Waals surface area contributed by atoms with Crippen LogP contribution in [0.4, 0.5) is 11.6 Å². The van der Waals surface area contributed by atoms with Crippen molar-refractivity contribution in [3.8, 4) is 0 Å². The highest BCUT2D eigenvalue weighted by molar-refractivity contribution is 6.05. The monoisotopic (exact) mass is 298 g/mol. The first kappa shape index (κ1) is 15.9. The molecule has 1 amide bonds. The third-order valence-corrected chi connectivity index (χ3v) is 3.56. The zero-order valence-electron chi connectivity index (χ0n) is 13.4. The normalized spacial score (nSPS) is 10.3. The number of carbonyl (C=O) groups excluding carboxylic acids is 1. The van der Waals surface area contributed by atoms with Gasteiger partial charge in [0.15, 0.2) is 0 Å². The lowest BCUT2D eigenvalue weighted by Crippen LogP contribution is -2.31. The van der Waals surface area contributed by atoms with Gasteiger partial charge in [-0.15, -0.1) is 0 Å². The predicted octanol–water partition coefficient (Wildman–Crippen LogP) is 2.99. The first-order chi connectivity index (χ1) is 10.7. The Balaban J connectivity index is 2.21. The fraction of sp³-hybridized carbons (Fsp3) is 0.353. The number of amides is 1. The van der Waals surface area contributed by atoms with Crippen LogP contribution in [0.3, 0.4) is 0 Å². The van der Waals surface area contributed by atoms with Gasteiger partial charge in [-0.05, 0) is 32.9 Å². The van der Waals surface area contributed by atoms with Crippen LogP contribution in [-0.4, -0.2) is 35.5 Å². The molecule has 0 unspecified atom stereocenters. The molecule has 0 spiro atoms. The Labute approximate surface area is 131 Å². The average molecular weight is 298 g/mol. The van der Waals surface area contributed by atoms with Gasteiger partial charge in [-0.25, -0.2) is 9.97 Å². The molecular formula is C17H22N4O. The molecule has 116 valence electrons. The Bertz CT molecular complexity index is 594. The van der Waals surface area contributed by atoms with Gasteiger partial charge in [-0.1, -0.05) is 18.2 Å². The van der Waals surface area contributed by atoms with Crippen molar-refractivity contribution < 1.29 is 4.79 Å². The fourth-order valence-corrected chi connectivity index (χ4v) is 2.31. The van der Waals surface area contributed by atoms with Crippen LogP contribution in [0.2, 0.25) is 0 Å². The van der Waals surface area contributed by atoms with E-state index in [0.717, 1.165) is 18.8 Å². The second kappa shape index (κ2) is 7.54. The van der Waals surface area contributed by atoms with Crippen LogP contribution >= 0.6 is 0 Å². The lowest BCUT2D eigenvalue weighted by molar-refractivity contribution is 0.0987. The summed E-state index contributed by atoms with van der Waals surface area (Å²) in [5.74, 6) is 0.573. The van der Waals surface area contributed by atoms with E-state index in [1.807, 2.05) is 42.2 Å². The summed E-state index contributed by atoms with van der Waals surface area (Å²) in [6, 6.07) is 9.62. The third-order valence-electron chi connectivity index (χ3n) is 3.56. The summed E-state index contributed by atoms with van der Waals surface area (Å²) in [5.41, 5.74) is 1.38. The average Bonchev–Trinajstić information content (AvgIpc) is 2.58. The molecule has 5 heteroatoms. The maximum absolute atomic E-state index is 12.6. The van der Waals surface area contributed by atoms with Crippen LogP contribution in [0.5, 0.6) is 0 Å². The SMILES string of the molecule is CCN(CC)c1ncc(C(=O)N(CC)c2ccccc2)cn1. The lowest BCUT2D eigenvalue weighted by Gasteiger charge is -2.21. The van der Waals surface area contributed by atoms with Crippen LogP contribution in [0.1, 0.15) is 31.1 Å². The van der Waals surface area contributed by atoms with Gasteiger partial charge in [0, 0.05) is 37.7 Å². The maximum atomic E-state index is 12.6. The van der Waals surface area contributed by atoms with Crippen LogP contribution < -0.4 is 9.80 Å². The minimum Gasteiger partial charge on any atom is -0.341 e. The molecule has 2 aromatic rings. The Morgan fingerprint density at radius 3 is 2.05 bits per heavy atom. The Kier molecular flexibility index (Phi) is 5.47. The number of carbonyl (C=O) groups is 1. The summed E-state index contributed by atoms with van der Waals surface area (Å²) in [6.07, 6.45) is 3.21. The summed E-state index contributed by atoms with van der Waals surface area (Å²) in [5, 5.41) is 0. The number of para-hydroxylation sites is 1. The molecule has 5 nitrogen and oxygen atoms in total. The van der Waals surface area contributed by atoms with Gasteiger partial charge in [0.05, 0.1) is 5.56 Å². The van der Waals surface area contributed by atoms with Crippen molar-refractivity contribution in [1.29, 1.82) is 0 Å². The van der Waals surface area contributed by atoms with Crippen LogP contribution in [0.25, 0.3) is 0 Å². The standard InChI is InChI=1S/C17H22N4O/c1-4-20(5-2)17-18-12-14(13-19-17)16(22)21(6-3)15-10-8-7-9-11-15/h7-13H,4-6H2,1-3H3. The molecule has 0 aliphatic rings. The van der Waals surface area contributed by atoms with Gasteiger partial charge in [0.2, 0.25) is 5.95 Å². The van der Waals surface area contributed by atoms with Crippen molar-refractivity contribution in [3.05, 3.63) is 48.3 Å². The first-order valence-corrected chi connectivity index (χ1v) is 7.65. The van der Waals surface area contributed by atoms with Gasteiger partial charge in [-0.2, -0.15) is 0 Å². The second-order valence-electron chi connectivity index (χ2n) is 4.83. The molecule has 0 N–H and O–H groups in total. The number of benzene rings is 1. The van der Waals surface area contributed by atoms with Crippen molar-refractivity contribution >= 4 is 17.5 Å². The Morgan fingerprint density at radius 1 is 0.955 bits per heavy atom. The number of hydrogen-bond acceptors (Lipinski definition) is 4. The van der Waals surface area contributed by atoms with E-state index in [2.05, 4.69) is 23.8 Å². The van der Waals surface area contributed by atoms with Gasteiger partial charge in [-0.3, -0.25) is 4.79 Å². The Hall–Kier alpha value is -2.43. The highest BCUT2D eigenvalue weighted by Crippen LogP contribution is 2.16. The molecule has 1 heterocycles. The number of rotatable bonds is 6. The van der Waals surface area contributed by atoms with Crippen molar-refractivity contribution in [1.82, 2.24) is 9.97 Å². The molecule has 0 atom stereocenters. The first-order valence-electron chi connectivity index (χ1n) is 7.65. The van der Waals surface area contributed by atoms with Crippen LogP contribution in [0, 0.1) is 0 Å². The van der Waals surface area contributed by atoms with Gasteiger partial charge < -0.3 is 9.80 Å². The molecule has 0 radical (unpaired) electrons. The molecular weight excluding hydrogens is 276 g/mol. The molecule has 0 fully saturated rings. The van der Waals surface area contributed by atoms with E-state index in [4.69, 9.17) is 0 Å². The summed E-state index contributed by atoms with van der Waals surface area (Å²) >= 11 is 0. The highest BCUT2D eigenvalue weighted by Gasteiger charge is 2.17. The number of anilines is 2. The molecule has 1 aromatic carbocycles. The van der Waals surface area contributed by atoms with Gasteiger partial charge in [0.1, 0.15) is 0 Å². The number of hydrogen-bond donors (Lipinski definition) is 0. The van der Waals surface area contributed by atoms with E-state index in [0.29, 0.717) is 18.1 Å².